The van der Waals surface area contributed by atoms with Crippen molar-refractivity contribution in [2.24, 2.45) is 0 Å². The Hall–Kier alpha value is -0.900. The second-order valence-corrected chi connectivity index (χ2v) is 8.55. The number of hydrogen-bond donors (Lipinski definition) is 2. The highest BCUT2D eigenvalue weighted by Gasteiger charge is 2.20. The predicted molar refractivity (Wildman–Crippen MR) is 88.7 cm³/mol. The van der Waals surface area contributed by atoms with Gasteiger partial charge in [0.25, 0.3) is 10.0 Å². The summed E-state index contributed by atoms with van der Waals surface area (Å²) >= 11 is 7.38. The minimum Gasteiger partial charge on any atom is -0.477 e. The molecule has 0 aliphatic carbocycles. The molecule has 21 heavy (non-hydrogen) atoms. The van der Waals surface area contributed by atoms with Gasteiger partial charge in [-0.1, -0.05) is 15.9 Å². The number of aromatic carboxylic acids is 1. The van der Waals surface area contributed by atoms with Crippen molar-refractivity contribution in [2.75, 3.05) is 4.72 Å². The fraction of sp³-hybridized carbons (Fsp3) is 0.0833. The van der Waals surface area contributed by atoms with Gasteiger partial charge in [-0.3, -0.25) is 4.72 Å². The Balaban J connectivity index is 2.38. The third kappa shape index (κ3) is 3.65. The number of aryl methyl sites for hydroxylation is 1. The fourth-order valence-corrected chi connectivity index (χ4v) is 5.24. The zero-order valence-electron chi connectivity index (χ0n) is 10.6. The first-order valence-corrected chi connectivity index (χ1v) is 9.41. The van der Waals surface area contributed by atoms with E-state index in [0.717, 1.165) is 16.9 Å². The Bertz CT molecular complexity index is 815. The molecule has 1 aromatic heterocycles. The molecular weight excluding hydrogens is 446 g/mol. The van der Waals surface area contributed by atoms with Gasteiger partial charge in [-0.05, 0) is 52.7 Å². The molecule has 0 aliphatic heterocycles. The number of anilines is 1. The largest absolute Gasteiger partial charge is 0.477 e. The SMILES string of the molecule is Cc1cc(Br)c(S(=O)(=O)Nc2ccc(C(=O)O)s2)cc1Br. The van der Waals surface area contributed by atoms with Gasteiger partial charge >= 0.3 is 5.97 Å². The van der Waals surface area contributed by atoms with E-state index in [1.54, 1.807) is 6.07 Å². The number of hydrogen-bond acceptors (Lipinski definition) is 4. The summed E-state index contributed by atoms with van der Waals surface area (Å²) in [5, 5.41) is 9.09. The highest BCUT2D eigenvalue weighted by Crippen LogP contribution is 2.31. The summed E-state index contributed by atoms with van der Waals surface area (Å²) in [6, 6.07) is 5.96. The number of benzene rings is 1. The molecule has 0 saturated heterocycles. The van der Waals surface area contributed by atoms with Crippen LogP contribution in [0.2, 0.25) is 0 Å². The molecular formula is C12H9Br2NO4S2. The highest BCUT2D eigenvalue weighted by molar-refractivity contribution is 9.11. The van der Waals surface area contributed by atoms with Crippen molar-refractivity contribution in [3.8, 4) is 0 Å². The van der Waals surface area contributed by atoms with Crippen molar-refractivity contribution in [3.05, 3.63) is 43.7 Å². The molecule has 1 aromatic carbocycles. The van der Waals surface area contributed by atoms with E-state index >= 15 is 0 Å². The molecule has 9 heteroatoms. The van der Waals surface area contributed by atoms with Gasteiger partial charge in [0.15, 0.2) is 0 Å². The summed E-state index contributed by atoms with van der Waals surface area (Å²) in [5.41, 5.74) is 0.894. The van der Waals surface area contributed by atoms with E-state index < -0.39 is 16.0 Å². The summed E-state index contributed by atoms with van der Waals surface area (Å²) in [6.45, 7) is 1.84. The van der Waals surface area contributed by atoms with Crippen molar-refractivity contribution < 1.29 is 18.3 Å². The normalized spacial score (nSPS) is 11.4. The van der Waals surface area contributed by atoms with E-state index in [-0.39, 0.29) is 14.8 Å². The molecule has 0 radical (unpaired) electrons. The first-order chi connectivity index (χ1) is 9.70. The van der Waals surface area contributed by atoms with Crippen LogP contribution in [0.3, 0.4) is 0 Å². The number of nitrogens with one attached hydrogen (secondary N) is 1. The Labute approximate surface area is 142 Å². The van der Waals surface area contributed by atoms with Gasteiger partial charge in [-0.25, -0.2) is 13.2 Å². The van der Waals surface area contributed by atoms with E-state index in [9.17, 15) is 13.2 Å². The van der Waals surface area contributed by atoms with Crippen LogP contribution >= 0.6 is 43.2 Å². The van der Waals surface area contributed by atoms with Crippen LogP contribution < -0.4 is 4.72 Å². The minimum atomic E-state index is -3.81. The summed E-state index contributed by atoms with van der Waals surface area (Å²) in [4.78, 5) is 10.9. The molecule has 0 saturated carbocycles. The van der Waals surface area contributed by atoms with Gasteiger partial charge in [0.1, 0.15) is 14.8 Å². The first-order valence-electron chi connectivity index (χ1n) is 5.52. The number of rotatable bonds is 4. The van der Waals surface area contributed by atoms with Gasteiger partial charge in [0.2, 0.25) is 0 Å². The number of sulfonamides is 1. The van der Waals surface area contributed by atoms with Crippen LogP contribution in [-0.2, 0) is 10.0 Å². The molecule has 0 atom stereocenters. The molecule has 1 heterocycles. The van der Waals surface area contributed by atoms with Gasteiger partial charge in [0.05, 0.1) is 0 Å². The van der Waals surface area contributed by atoms with Gasteiger partial charge in [0, 0.05) is 8.95 Å². The molecule has 112 valence electrons. The van der Waals surface area contributed by atoms with Crippen LogP contribution in [0.4, 0.5) is 5.00 Å². The molecule has 2 N–H and O–H groups in total. The maximum atomic E-state index is 12.4. The highest BCUT2D eigenvalue weighted by atomic mass is 79.9. The maximum absolute atomic E-state index is 12.4. The lowest BCUT2D eigenvalue weighted by atomic mass is 10.2. The molecule has 0 amide bonds. The summed E-state index contributed by atoms with van der Waals surface area (Å²) in [6.07, 6.45) is 0. The van der Waals surface area contributed by atoms with E-state index in [0.29, 0.717) is 8.95 Å². The number of carboxylic acid groups (broad SMARTS) is 1. The first kappa shape index (κ1) is 16.5. The van der Waals surface area contributed by atoms with Crippen LogP contribution in [0.5, 0.6) is 0 Å². The molecule has 0 unspecified atom stereocenters. The average molecular weight is 455 g/mol. The van der Waals surface area contributed by atoms with E-state index in [1.165, 1.54) is 18.2 Å². The molecule has 0 bridgehead atoms. The van der Waals surface area contributed by atoms with Gasteiger partial charge in [-0.15, -0.1) is 11.3 Å². The second kappa shape index (κ2) is 6.07. The molecule has 2 rings (SSSR count). The Morgan fingerprint density at radius 2 is 1.90 bits per heavy atom. The van der Waals surface area contributed by atoms with E-state index in [2.05, 4.69) is 36.6 Å². The van der Waals surface area contributed by atoms with Crippen molar-refractivity contribution in [1.82, 2.24) is 0 Å². The van der Waals surface area contributed by atoms with E-state index in [4.69, 9.17) is 5.11 Å². The fourth-order valence-electron chi connectivity index (χ4n) is 1.53. The van der Waals surface area contributed by atoms with Crippen molar-refractivity contribution >= 4 is 64.2 Å². The monoisotopic (exact) mass is 453 g/mol. The lowest BCUT2D eigenvalue weighted by Gasteiger charge is -2.10. The average Bonchev–Trinajstić information content (AvgIpc) is 2.81. The lowest BCUT2D eigenvalue weighted by Crippen LogP contribution is -2.13. The zero-order chi connectivity index (χ0) is 15.8. The number of halogens is 2. The van der Waals surface area contributed by atoms with Crippen molar-refractivity contribution in [1.29, 1.82) is 0 Å². The van der Waals surface area contributed by atoms with Gasteiger partial charge in [-0.2, -0.15) is 0 Å². The third-order valence-corrected chi connectivity index (χ3v) is 6.85. The van der Waals surface area contributed by atoms with Crippen molar-refractivity contribution in [2.45, 2.75) is 11.8 Å². The standard InChI is InChI=1S/C12H9Br2NO4S2/c1-6-4-8(14)10(5-7(6)13)21(18,19)15-11-3-2-9(20-11)12(16)17/h2-5,15H,1H3,(H,16,17). The Morgan fingerprint density at radius 3 is 2.48 bits per heavy atom. The quantitative estimate of drug-likeness (QED) is 0.728. The number of carboxylic acids is 1. The smallest absolute Gasteiger partial charge is 0.345 e. The van der Waals surface area contributed by atoms with Crippen LogP contribution in [0.25, 0.3) is 0 Å². The molecule has 5 nitrogen and oxygen atoms in total. The minimum absolute atomic E-state index is 0.0665. The molecule has 0 spiro atoms. The van der Waals surface area contributed by atoms with Crippen LogP contribution in [-0.4, -0.2) is 19.5 Å². The summed E-state index contributed by atoms with van der Waals surface area (Å²) < 4.78 is 28.2. The number of carbonyl (C=O) groups is 1. The van der Waals surface area contributed by atoms with Crippen LogP contribution in [0, 0.1) is 6.92 Å². The predicted octanol–water partition coefficient (Wildman–Crippen LogP) is 4.08. The maximum Gasteiger partial charge on any atom is 0.345 e. The molecule has 2 aromatic rings. The number of thiophene rings is 1. The molecule has 0 fully saturated rings. The van der Waals surface area contributed by atoms with E-state index in [1.807, 2.05) is 6.92 Å². The summed E-state index contributed by atoms with van der Waals surface area (Å²) in [7, 11) is -3.81. The Morgan fingerprint density at radius 1 is 1.24 bits per heavy atom. The zero-order valence-corrected chi connectivity index (χ0v) is 15.4. The third-order valence-electron chi connectivity index (χ3n) is 2.55. The van der Waals surface area contributed by atoms with Gasteiger partial charge < -0.3 is 5.11 Å². The Kier molecular flexibility index (Phi) is 4.76. The topological polar surface area (TPSA) is 83.5 Å². The second-order valence-electron chi connectivity index (χ2n) is 4.11. The van der Waals surface area contributed by atoms with Crippen LogP contribution in [0.1, 0.15) is 15.2 Å². The summed E-state index contributed by atoms with van der Waals surface area (Å²) in [5.74, 6) is -1.09. The molecule has 0 aliphatic rings. The van der Waals surface area contributed by atoms with Crippen LogP contribution in [0.15, 0.2) is 38.1 Å². The van der Waals surface area contributed by atoms with Crippen molar-refractivity contribution in [3.63, 3.8) is 0 Å². The lowest BCUT2D eigenvalue weighted by molar-refractivity contribution is 0.0702.